The quantitative estimate of drug-likeness (QED) is 0.483. The van der Waals surface area contributed by atoms with Crippen molar-refractivity contribution in [1.82, 2.24) is 19.3 Å². The second-order valence-corrected chi connectivity index (χ2v) is 6.85. The van der Waals surface area contributed by atoms with Crippen LogP contribution in [0.4, 0.5) is 5.69 Å². The Hall–Kier alpha value is -4.27. The van der Waals surface area contributed by atoms with Crippen LogP contribution in [0.1, 0.15) is 17.3 Å². The first-order valence-electron chi connectivity index (χ1n) is 9.44. The zero-order chi connectivity index (χ0) is 22.0. The minimum absolute atomic E-state index is 0.0565. The lowest BCUT2D eigenvalue weighted by Gasteiger charge is -2.08. The number of carbonyl (C=O) groups excluding carboxylic acids is 2. The number of anilines is 1. The zero-order valence-electron chi connectivity index (χ0n) is 16.9. The van der Waals surface area contributed by atoms with Crippen molar-refractivity contribution in [3.05, 3.63) is 77.0 Å². The summed E-state index contributed by atoms with van der Waals surface area (Å²) in [4.78, 5) is 40.9. The van der Waals surface area contributed by atoms with Gasteiger partial charge in [-0.15, -0.1) is 0 Å². The molecule has 2 aromatic carbocycles. The molecule has 0 atom stereocenters. The predicted molar refractivity (Wildman–Crippen MR) is 115 cm³/mol. The van der Waals surface area contributed by atoms with Crippen molar-refractivity contribution in [1.29, 1.82) is 0 Å². The molecule has 2 aromatic heterocycles. The molecule has 1 N–H and O–H groups in total. The van der Waals surface area contributed by atoms with Crippen LogP contribution in [0.3, 0.4) is 0 Å². The lowest BCUT2D eigenvalue weighted by atomic mass is 10.1. The lowest BCUT2D eigenvalue weighted by molar-refractivity contribution is -0.116. The Bertz CT molecular complexity index is 1320. The molecule has 31 heavy (non-hydrogen) atoms. The molecule has 0 aliphatic rings. The van der Waals surface area contributed by atoms with Gasteiger partial charge in [0.05, 0.1) is 19.0 Å². The van der Waals surface area contributed by atoms with Crippen LogP contribution in [0.5, 0.6) is 5.75 Å². The van der Waals surface area contributed by atoms with E-state index in [-0.39, 0.29) is 23.8 Å². The molecular formula is C22H19N5O4. The Morgan fingerprint density at radius 2 is 1.77 bits per heavy atom. The topological polar surface area (TPSA) is 108 Å². The molecule has 4 rings (SSSR count). The number of methoxy groups -OCH3 is 1. The summed E-state index contributed by atoms with van der Waals surface area (Å²) >= 11 is 0. The highest BCUT2D eigenvalue weighted by Gasteiger charge is 2.13. The van der Waals surface area contributed by atoms with E-state index in [9.17, 15) is 14.4 Å². The Balaban J connectivity index is 1.54. The SMILES string of the molecule is COc1ccc(-n2ncc3c(=O)n(CC(=O)Nc4ccc(C(C)=O)cc4)cnc32)cc1. The van der Waals surface area contributed by atoms with Crippen molar-refractivity contribution in [2.24, 2.45) is 0 Å². The average molecular weight is 417 g/mol. The van der Waals surface area contributed by atoms with Gasteiger partial charge in [0.25, 0.3) is 5.56 Å². The van der Waals surface area contributed by atoms with Crippen LogP contribution < -0.4 is 15.6 Å². The van der Waals surface area contributed by atoms with Crippen molar-refractivity contribution < 1.29 is 14.3 Å². The minimum Gasteiger partial charge on any atom is -0.497 e. The molecule has 156 valence electrons. The molecule has 2 heterocycles. The van der Waals surface area contributed by atoms with Gasteiger partial charge in [0.15, 0.2) is 11.4 Å². The normalized spacial score (nSPS) is 10.8. The first kappa shape index (κ1) is 20.0. The fourth-order valence-corrected chi connectivity index (χ4v) is 3.12. The van der Waals surface area contributed by atoms with Gasteiger partial charge in [0.2, 0.25) is 5.91 Å². The highest BCUT2D eigenvalue weighted by atomic mass is 16.5. The molecule has 0 saturated heterocycles. The van der Waals surface area contributed by atoms with Gasteiger partial charge >= 0.3 is 0 Å². The maximum atomic E-state index is 12.8. The number of nitrogens with zero attached hydrogens (tertiary/aromatic N) is 4. The van der Waals surface area contributed by atoms with Gasteiger partial charge in [0, 0.05) is 11.3 Å². The first-order valence-corrected chi connectivity index (χ1v) is 9.44. The number of nitrogens with one attached hydrogen (secondary N) is 1. The minimum atomic E-state index is -0.388. The van der Waals surface area contributed by atoms with Gasteiger partial charge < -0.3 is 10.1 Å². The van der Waals surface area contributed by atoms with Gasteiger partial charge in [-0.1, -0.05) is 0 Å². The summed E-state index contributed by atoms with van der Waals surface area (Å²) in [5.74, 6) is 0.262. The van der Waals surface area contributed by atoms with Crippen LogP contribution in [0.25, 0.3) is 16.7 Å². The highest BCUT2D eigenvalue weighted by molar-refractivity contribution is 5.95. The molecule has 0 unspecified atom stereocenters. The second-order valence-electron chi connectivity index (χ2n) is 6.85. The standard InChI is InChI=1S/C22H19N5O4/c1-14(28)15-3-5-16(6-4-15)25-20(29)12-26-13-23-21-19(22(26)30)11-24-27(21)17-7-9-18(31-2)10-8-17/h3-11,13H,12H2,1-2H3,(H,25,29). The third kappa shape index (κ3) is 4.06. The highest BCUT2D eigenvalue weighted by Crippen LogP contribution is 2.17. The maximum Gasteiger partial charge on any atom is 0.264 e. The number of hydrogen-bond donors (Lipinski definition) is 1. The number of ketones is 1. The number of hydrogen-bond acceptors (Lipinski definition) is 6. The molecule has 0 bridgehead atoms. The van der Waals surface area contributed by atoms with Crippen LogP contribution in [-0.2, 0) is 11.3 Å². The van der Waals surface area contributed by atoms with Gasteiger partial charge in [-0.25, -0.2) is 9.67 Å². The molecule has 0 aliphatic heterocycles. The molecule has 1 amide bonds. The summed E-state index contributed by atoms with van der Waals surface area (Å²) in [6.07, 6.45) is 2.76. The summed E-state index contributed by atoms with van der Waals surface area (Å²) in [5.41, 5.74) is 1.84. The predicted octanol–water partition coefficient (Wildman–Crippen LogP) is 2.43. The van der Waals surface area contributed by atoms with E-state index in [4.69, 9.17) is 4.74 Å². The molecule has 0 spiro atoms. The molecule has 0 radical (unpaired) electrons. The van der Waals surface area contributed by atoms with Crippen LogP contribution in [0.15, 0.2) is 65.8 Å². The molecule has 9 nitrogen and oxygen atoms in total. The summed E-state index contributed by atoms with van der Waals surface area (Å²) in [6, 6.07) is 13.7. The number of amides is 1. The number of Topliss-reactive ketones (excluding diaryl/α,β-unsaturated/α-hetero) is 1. The van der Waals surface area contributed by atoms with Crippen LogP contribution in [0, 0.1) is 0 Å². The lowest BCUT2D eigenvalue weighted by Crippen LogP contribution is -2.27. The third-order valence-electron chi connectivity index (χ3n) is 4.76. The fraction of sp³-hybridized carbons (Fsp3) is 0.136. The van der Waals surface area contributed by atoms with E-state index in [0.29, 0.717) is 28.0 Å². The van der Waals surface area contributed by atoms with Crippen LogP contribution in [-0.4, -0.2) is 38.1 Å². The van der Waals surface area contributed by atoms with Gasteiger partial charge in [-0.3, -0.25) is 19.0 Å². The van der Waals surface area contributed by atoms with E-state index in [1.54, 1.807) is 48.2 Å². The van der Waals surface area contributed by atoms with Gasteiger partial charge in [0.1, 0.15) is 24.0 Å². The first-order chi connectivity index (χ1) is 15.0. The summed E-state index contributed by atoms with van der Waals surface area (Å²) in [7, 11) is 1.58. The molecule has 0 aliphatic carbocycles. The number of fused-ring (bicyclic) bond motifs is 1. The van der Waals surface area contributed by atoms with E-state index in [0.717, 1.165) is 5.69 Å². The summed E-state index contributed by atoms with van der Waals surface area (Å²) in [6.45, 7) is 1.27. The van der Waals surface area contributed by atoms with Crippen molar-refractivity contribution in [2.75, 3.05) is 12.4 Å². The average Bonchev–Trinajstić information content (AvgIpc) is 3.21. The number of ether oxygens (including phenoxy) is 1. The summed E-state index contributed by atoms with van der Waals surface area (Å²) < 4.78 is 7.93. The molecule has 0 saturated carbocycles. The maximum absolute atomic E-state index is 12.8. The van der Waals surface area contributed by atoms with E-state index in [1.165, 1.54) is 24.0 Å². The Labute approximate surface area is 176 Å². The van der Waals surface area contributed by atoms with E-state index in [1.807, 2.05) is 12.1 Å². The molecule has 0 fully saturated rings. The zero-order valence-corrected chi connectivity index (χ0v) is 16.9. The Kier molecular flexibility index (Phi) is 5.31. The Morgan fingerprint density at radius 1 is 1.06 bits per heavy atom. The smallest absolute Gasteiger partial charge is 0.264 e. The Morgan fingerprint density at radius 3 is 2.42 bits per heavy atom. The van der Waals surface area contributed by atoms with Crippen LogP contribution >= 0.6 is 0 Å². The monoisotopic (exact) mass is 417 g/mol. The van der Waals surface area contributed by atoms with Gasteiger partial charge in [-0.2, -0.15) is 5.10 Å². The molecule has 4 aromatic rings. The van der Waals surface area contributed by atoms with Crippen molar-refractivity contribution >= 4 is 28.4 Å². The number of carbonyl (C=O) groups is 2. The molecule has 9 heteroatoms. The fourth-order valence-electron chi connectivity index (χ4n) is 3.12. The van der Waals surface area contributed by atoms with Gasteiger partial charge in [-0.05, 0) is 55.5 Å². The summed E-state index contributed by atoms with van der Waals surface area (Å²) in [5, 5.41) is 7.27. The second kappa shape index (κ2) is 8.23. The van der Waals surface area contributed by atoms with Crippen molar-refractivity contribution in [2.45, 2.75) is 13.5 Å². The van der Waals surface area contributed by atoms with Crippen molar-refractivity contribution in [3.8, 4) is 11.4 Å². The molecular weight excluding hydrogens is 398 g/mol. The third-order valence-corrected chi connectivity index (χ3v) is 4.76. The largest absolute Gasteiger partial charge is 0.497 e. The van der Waals surface area contributed by atoms with Crippen molar-refractivity contribution in [3.63, 3.8) is 0 Å². The van der Waals surface area contributed by atoms with E-state index in [2.05, 4.69) is 15.4 Å². The van der Waals surface area contributed by atoms with E-state index < -0.39 is 0 Å². The van der Waals surface area contributed by atoms with Crippen LogP contribution in [0.2, 0.25) is 0 Å². The number of benzene rings is 2. The number of rotatable bonds is 6. The van der Waals surface area contributed by atoms with E-state index >= 15 is 0 Å². The number of aromatic nitrogens is 4.